The fraction of sp³-hybridized carbons (Fsp3) is 0.500. The number of benzene rings is 2. The normalized spacial score (nSPS) is 19.3. The van der Waals surface area contributed by atoms with Gasteiger partial charge in [0.2, 0.25) is 0 Å². The molecule has 0 saturated carbocycles. The van der Waals surface area contributed by atoms with Crippen molar-refractivity contribution in [3.63, 3.8) is 0 Å². The van der Waals surface area contributed by atoms with Gasteiger partial charge < -0.3 is 5.11 Å². The van der Waals surface area contributed by atoms with Gasteiger partial charge >= 0.3 is 12.0 Å². The summed E-state index contributed by atoms with van der Waals surface area (Å²) in [6, 6.07) is 14.2. The molecule has 2 aromatic rings. The van der Waals surface area contributed by atoms with Gasteiger partial charge in [-0.25, -0.2) is 4.79 Å². The summed E-state index contributed by atoms with van der Waals surface area (Å²) < 4.78 is 1.06. The summed E-state index contributed by atoms with van der Waals surface area (Å²) in [4.78, 5) is 26.8. The third-order valence-electron chi connectivity index (χ3n) is 7.64. The van der Waals surface area contributed by atoms with E-state index < -0.39 is 0 Å². The fourth-order valence-corrected chi connectivity index (χ4v) is 5.23. The highest BCUT2D eigenvalue weighted by Crippen LogP contribution is 2.46. The molecule has 1 amide bonds. The molecule has 6 heteroatoms. The Morgan fingerprint density at radius 3 is 2.09 bits per heavy atom. The number of fused-ring (bicyclic) bond motifs is 1. The van der Waals surface area contributed by atoms with Gasteiger partial charge in [-0.3, -0.25) is 4.90 Å². The molecule has 0 atom stereocenters. The van der Waals surface area contributed by atoms with Crippen LogP contribution in [0.15, 0.2) is 42.5 Å². The highest BCUT2D eigenvalue weighted by atomic mass is 16.3. The van der Waals surface area contributed by atoms with Gasteiger partial charge in [-0.2, -0.15) is 9.80 Å². The van der Waals surface area contributed by atoms with Crippen molar-refractivity contribution >= 4 is 12.0 Å². The molecule has 1 saturated heterocycles. The minimum absolute atomic E-state index is 0.105. The van der Waals surface area contributed by atoms with Gasteiger partial charge in [-0.05, 0) is 58.1 Å². The molecule has 6 nitrogen and oxygen atoms in total. The third-order valence-corrected chi connectivity index (χ3v) is 7.64. The minimum Gasteiger partial charge on any atom is -0.395 e. The van der Waals surface area contributed by atoms with Crippen molar-refractivity contribution in [3.8, 4) is 11.1 Å². The van der Waals surface area contributed by atoms with Gasteiger partial charge in [0.15, 0.2) is 0 Å². The quantitative estimate of drug-likeness (QED) is 0.417. The predicted molar refractivity (Wildman–Crippen MR) is 133 cm³/mol. The first-order chi connectivity index (χ1) is 16.2. The summed E-state index contributed by atoms with van der Waals surface area (Å²) >= 11 is 0. The van der Waals surface area contributed by atoms with Crippen molar-refractivity contribution in [3.05, 3.63) is 59.2 Å². The zero-order chi connectivity index (χ0) is 24.5. The predicted octanol–water partition coefficient (Wildman–Crippen LogP) is 3.72. The van der Waals surface area contributed by atoms with Crippen molar-refractivity contribution in [2.75, 3.05) is 39.3 Å². The van der Waals surface area contributed by atoms with E-state index in [1.165, 1.54) is 17.5 Å². The van der Waals surface area contributed by atoms with Crippen LogP contribution in [0.25, 0.3) is 11.1 Å². The number of aliphatic hydroxyl groups excluding tert-OH is 1. The first-order valence-electron chi connectivity index (χ1n) is 12.2. The highest BCUT2D eigenvalue weighted by Gasteiger charge is 2.37. The maximum atomic E-state index is 13.0. The molecule has 0 bridgehead atoms. The maximum Gasteiger partial charge on any atom is 0.465 e. The van der Waals surface area contributed by atoms with Crippen molar-refractivity contribution in [2.24, 2.45) is 0 Å². The Morgan fingerprint density at radius 1 is 0.912 bits per heavy atom. The summed E-state index contributed by atoms with van der Waals surface area (Å²) in [5.74, 6) is -0.370. The van der Waals surface area contributed by atoms with Gasteiger partial charge in [0.25, 0.3) is 0 Å². The molecule has 1 aliphatic heterocycles. The Morgan fingerprint density at radius 2 is 1.50 bits per heavy atom. The second-order valence-corrected chi connectivity index (χ2v) is 10.8. The molecule has 2 aliphatic rings. The second-order valence-electron chi connectivity index (χ2n) is 10.8. The van der Waals surface area contributed by atoms with Gasteiger partial charge in [-0.1, -0.05) is 58.0 Å². The van der Waals surface area contributed by atoms with Crippen LogP contribution in [0.4, 0.5) is 0 Å². The summed E-state index contributed by atoms with van der Waals surface area (Å²) in [5, 5.41) is 10.8. The lowest BCUT2D eigenvalue weighted by Gasteiger charge is -2.42. The Kier molecular flexibility index (Phi) is 6.77. The number of hydrazine groups is 1. The van der Waals surface area contributed by atoms with Crippen molar-refractivity contribution in [1.29, 1.82) is 0 Å². The first kappa shape index (κ1) is 24.3. The van der Waals surface area contributed by atoms with Crippen molar-refractivity contribution in [1.82, 2.24) is 9.91 Å². The van der Waals surface area contributed by atoms with Crippen LogP contribution in [0.2, 0.25) is 0 Å². The van der Waals surface area contributed by atoms with Crippen LogP contribution in [0.1, 0.15) is 62.0 Å². The van der Waals surface area contributed by atoms with E-state index in [2.05, 4.69) is 50.8 Å². The number of carbonyl (C=O) groups excluding carboxylic acids is 2. The first-order valence-corrected chi connectivity index (χ1v) is 12.2. The fourth-order valence-electron chi connectivity index (χ4n) is 5.23. The number of β-amino-alcohol motifs (C(OH)–C–C–N with tert-alkyl or cyclic N) is 1. The number of amides is 1. The van der Waals surface area contributed by atoms with Crippen molar-refractivity contribution in [2.45, 2.75) is 51.4 Å². The van der Waals surface area contributed by atoms with Crippen LogP contribution in [0.3, 0.4) is 0 Å². The summed E-state index contributed by atoms with van der Waals surface area (Å²) in [7, 11) is 0. The Balaban J connectivity index is 1.53. The van der Waals surface area contributed by atoms with E-state index in [4.69, 9.17) is 5.11 Å². The van der Waals surface area contributed by atoms with Gasteiger partial charge in [-0.15, -0.1) is 0 Å². The van der Waals surface area contributed by atoms with Gasteiger partial charge in [0, 0.05) is 24.3 Å². The average molecular weight is 463 g/mol. The number of hydrogen-bond donors (Lipinski definition) is 1. The number of hydrazone groups is 1. The molecule has 0 spiro atoms. The number of rotatable bonds is 5. The lowest BCUT2D eigenvalue weighted by molar-refractivity contribution is -0.609. The lowest BCUT2D eigenvalue weighted by atomic mass is 9.63. The molecule has 1 heterocycles. The summed E-state index contributed by atoms with van der Waals surface area (Å²) in [6.45, 7) is 12.5. The van der Waals surface area contributed by atoms with Crippen LogP contribution >= 0.6 is 0 Å². The molecule has 1 N–H and O–H groups in total. The summed E-state index contributed by atoms with van der Waals surface area (Å²) in [5.41, 5.74) is 5.81. The molecule has 1 fully saturated rings. The second kappa shape index (κ2) is 9.46. The third kappa shape index (κ3) is 4.72. The Bertz CT molecular complexity index is 1110. The largest absolute Gasteiger partial charge is 0.465 e. The van der Waals surface area contributed by atoms with E-state index in [0.29, 0.717) is 38.3 Å². The zero-order valence-corrected chi connectivity index (χ0v) is 20.8. The molecule has 0 aromatic heterocycles. The van der Waals surface area contributed by atoms with Crippen LogP contribution in [0, 0.1) is 0 Å². The number of aliphatic hydroxyl groups is 1. The molecule has 1 aliphatic carbocycles. The maximum absolute atomic E-state index is 13.0. The topological polar surface area (TPSA) is 63.9 Å². The number of isocyanates is 1. The average Bonchev–Trinajstić information content (AvgIpc) is 2.83. The number of hydrogen-bond acceptors (Lipinski definition) is 5. The lowest BCUT2D eigenvalue weighted by Crippen LogP contribution is -2.52. The van der Waals surface area contributed by atoms with Crippen LogP contribution in [-0.2, 0) is 15.6 Å². The number of piperazine rings is 1. The highest BCUT2D eigenvalue weighted by molar-refractivity contribution is 5.89. The standard InChI is InChI=1S/C28H36N3O3/c1-27(2)11-12-28(3,4)25-19-23(9-10-24(25)27)21-5-7-22(8-6-21)26(34)31(20-33)30-15-13-29(14-16-30)17-18-32/h5-10,19,32H,11-18H2,1-4H3/q+1. The van der Waals surface area contributed by atoms with Crippen molar-refractivity contribution < 1.29 is 19.4 Å². The monoisotopic (exact) mass is 462 g/mol. The minimum atomic E-state index is -0.370. The van der Waals surface area contributed by atoms with E-state index in [9.17, 15) is 9.59 Å². The van der Waals surface area contributed by atoms with E-state index >= 15 is 0 Å². The van der Waals surface area contributed by atoms with Crippen LogP contribution in [0.5, 0.6) is 0 Å². The molecule has 34 heavy (non-hydrogen) atoms. The van der Waals surface area contributed by atoms with Gasteiger partial charge in [0.1, 0.15) is 0 Å². The Hall–Kier alpha value is -2.79. The van der Waals surface area contributed by atoms with E-state index in [0.717, 1.165) is 22.2 Å². The molecule has 180 valence electrons. The van der Waals surface area contributed by atoms with E-state index in [-0.39, 0.29) is 23.3 Å². The Labute approximate surface area is 202 Å². The number of nitrogens with zero attached hydrogens (tertiary/aromatic N) is 3. The molecular formula is C28H36N3O3+. The van der Waals surface area contributed by atoms with E-state index in [1.807, 2.05) is 12.1 Å². The van der Waals surface area contributed by atoms with Crippen LogP contribution in [-0.4, -0.2) is 71.0 Å². The van der Waals surface area contributed by atoms with Gasteiger partial charge in [0.05, 0.1) is 25.3 Å². The summed E-state index contributed by atoms with van der Waals surface area (Å²) in [6.07, 6.45) is 4.15. The van der Waals surface area contributed by atoms with Crippen LogP contribution < -0.4 is 0 Å². The molecule has 4 rings (SSSR count). The molecular weight excluding hydrogens is 426 g/mol. The molecule has 0 unspecified atom stereocenters. The molecule has 2 aromatic carbocycles. The smallest absolute Gasteiger partial charge is 0.395 e. The van der Waals surface area contributed by atoms with E-state index in [1.54, 1.807) is 23.2 Å². The SMILES string of the molecule is CC1(C)CCC(C)(C)c2cc(-c3ccc(C(=O)[N+](=C=O)N4CCN(CCO)CC4)cc3)ccc21. The molecule has 0 radical (unpaired) electrons. The number of carbonyl (C=O) groups is 1. The zero-order valence-electron chi connectivity index (χ0n) is 20.8.